The summed E-state index contributed by atoms with van der Waals surface area (Å²) in [5.74, 6) is -0.237. The largest absolute Gasteiger partial charge is 0.573 e. The lowest BCUT2D eigenvalue weighted by atomic mass is 10.1. The number of morpholine rings is 1. The highest BCUT2D eigenvalue weighted by Crippen LogP contribution is 2.30. The summed E-state index contributed by atoms with van der Waals surface area (Å²) in [7, 11) is 0. The SMILES string of the molecule is FC(F)(F)Oc1cc(Br)cc([C@H]2COCCN2)c1. The predicted molar refractivity (Wildman–Crippen MR) is 62.4 cm³/mol. The van der Waals surface area contributed by atoms with E-state index in [1.807, 2.05) is 0 Å². The molecule has 0 aliphatic carbocycles. The van der Waals surface area contributed by atoms with E-state index >= 15 is 0 Å². The van der Waals surface area contributed by atoms with Crippen LogP contribution in [0.5, 0.6) is 5.75 Å². The second kappa shape index (κ2) is 5.46. The molecule has 1 aliphatic heterocycles. The van der Waals surface area contributed by atoms with Gasteiger partial charge in [0.15, 0.2) is 0 Å². The zero-order valence-corrected chi connectivity index (χ0v) is 10.8. The third kappa shape index (κ3) is 3.86. The van der Waals surface area contributed by atoms with Crippen LogP contribution in [0.3, 0.4) is 0 Å². The summed E-state index contributed by atoms with van der Waals surface area (Å²) >= 11 is 3.17. The van der Waals surface area contributed by atoms with Crippen LogP contribution in [0.2, 0.25) is 0 Å². The Morgan fingerprint density at radius 3 is 2.72 bits per heavy atom. The second-order valence-electron chi connectivity index (χ2n) is 3.85. The highest BCUT2D eigenvalue weighted by Gasteiger charge is 2.31. The van der Waals surface area contributed by atoms with Crippen molar-refractivity contribution in [2.45, 2.75) is 12.4 Å². The molecule has 1 aromatic rings. The van der Waals surface area contributed by atoms with Gasteiger partial charge in [0, 0.05) is 11.0 Å². The van der Waals surface area contributed by atoms with Gasteiger partial charge in [0.05, 0.1) is 19.3 Å². The molecule has 0 unspecified atom stereocenters. The monoisotopic (exact) mass is 325 g/mol. The van der Waals surface area contributed by atoms with Crippen LogP contribution in [0.4, 0.5) is 13.2 Å². The van der Waals surface area contributed by atoms with Crippen molar-refractivity contribution in [2.75, 3.05) is 19.8 Å². The zero-order valence-electron chi connectivity index (χ0n) is 9.26. The number of halogens is 4. The Morgan fingerprint density at radius 1 is 1.33 bits per heavy atom. The summed E-state index contributed by atoms with van der Waals surface area (Å²) in [4.78, 5) is 0. The first kappa shape index (κ1) is 13.6. The summed E-state index contributed by atoms with van der Waals surface area (Å²) in [6.07, 6.45) is -4.69. The van der Waals surface area contributed by atoms with Gasteiger partial charge in [-0.15, -0.1) is 13.2 Å². The molecule has 1 heterocycles. The first-order valence-corrected chi connectivity index (χ1v) is 6.11. The molecule has 2 rings (SSSR count). The van der Waals surface area contributed by atoms with E-state index in [9.17, 15) is 13.2 Å². The predicted octanol–water partition coefficient (Wildman–Crippen LogP) is 3.01. The number of nitrogens with one attached hydrogen (secondary N) is 1. The van der Waals surface area contributed by atoms with Gasteiger partial charge in [0.25, 0.3) is 0 Å². The molecule has 1 N–H and O–H groups in total. The molecule has 1 aliphatic rings. The van der Waals surface area contributed by atoms with E-state index in [1.54, 1.807) is 6.07 Å². The third-order valence-electron chi connectivity index (χ3n) is 2.45. The molecule has 1 aromatic carbocycles. The molecular weight excluding hydrogens is 315 g/mol. The molecule has 1 atom stereocenters. The maximum Gasteiger partial charge on any atom is 0.573 e. The Balaban J connectivity index is 2.20. The number of benzene rings is 1. The van der Waals surface area contributed by atoms with E-state index in [-0.39, 0.29) is 11.8 Å². The average molecular weight is 326 g/mol. The second-order valence-corrected chi connectivity index (χ2v) is 4.77. The fraction of sp³-hybridized carbons (Fsp3) is 0.455. The van der Waals surface area contributed by atoms with Gasteiger partial charge in [0.2, 0.25) is 0 Å². The van der Waals surface area contributed by atoms with Crippen molar-refractivity contribution in [2.24, 2.45) is 0 Å². The quantitative estimate of drug-likeness (QED) is 0.906. The van der Waals surface area contributed by atoms with Crippen molar-refractivity contribution in [3.8, 4) is 5.75 Å². The Hall–Kier alpha value is -0.790. The van der Waals surface area contributed by atoms with Gasteiger partial charge in [-0.3, -0.25) is 0 Å². The standard InChI is InChI=1S/C11H11BrF3NO2/c12-8-3-7(10-6-17-2-1-16-10)4-9(5-8)18-11(13,14)15/h3-5,10,16H,1-2,6H2/t10-/m1/s1. The molecule has 100 valence electrons. The van der Waals surface area contributed by atoms with Gasteiger partial charge >= 0.3 is 6.36 Å². The molecule has 0 radical (unpaired) electrons. The highest BCUT2D eigenvalue weighted by molar-refractivity contribution is 9.10. The summed E-state index contributed by atoms with van der Waals surface area (Å²) < 4.78 is 46.2. The molecule has 0 saturated carbocycles. The van der Waals surface area contributed by atoms with Crippen LogP contribution in [0.1, 0.15) is 11.6 Å². The highest BCUT2D eigenvalue weighted by atomic mass is 79.9. The minimum Gasteiger partial charge on any atom is -0.406 e. The summed E-state index contributed by atoms with van der Waals surface area (Å²) in [6, 6.07) is 4.27. The van der Waals surface area contributed by atoms with E-state index in [2.05, 4.69) is 26.0 Å². The Morgan fingerprint density at radius 2 is 2.11 bits per heavy atom. The summed E-state index contributed by atoms with van der Waals surface area (Å²) in [5, 5.41) is 3.17. The van der Waals surface area contributed by atoms with Crippen LogP contribution in [-0.2, 0) is 4.74 Å². The number of ether oxygens (including phenoxy) is 2. The van der Waals surface area contributed by atoms with Crippen molar-refractivity contribution >= 4 is 15.9 Å². The number of alkyl halides is 3. The zero-order chi connectivity index (χ0) is 13.2. The van der Waals surface area contributed by atoms with Crippen LogP contribution in [-0.4, -0.2) is 26.1 Å². The van der Waals surface area contributed by atoms with E-state index in [0.29, 0.717) is 29.8 Å². The van der Waals surface area contributed by atoms with Crippen molar-refractivity contribution in [1.29, 1.82) is 0 Å². The molecule has 0 amide bonds. The van der Waals surface area contributed by atoms with E-state index in [1.165, 1.54) is 12.1 Å². The Kier molecular flexibility index (Phi) is 4.14. The van der Waals surface area contributed by atoms with Crippen molar-refractivity contribution in [1.82, 2.24) is 5.32 Å². The first-order valence-electron chi connectivity index (χ1n) is 5.31. The van der Waals surface area contributed by atoms with Crippen LogP contribution in [0.25, 0.3) is 0 Å². The van der Waals surface area contributed by atoms with Crippen molar-refractivity contribution < 1.29 is 22.6 Å². The van der Waals surface area contributed by atoms with Crippen LogP contribution in [0.15, 0.2) is 22.7 Å². The summed E-state index contributed by atoms with van der Waals surface area (Å²) in [5.41, 5.74) is 0.698. The van der Waals surface area contributed by atoms with Gasteiger partial charge in [0.1, 0.15) is 5.75 Å². The van der Waals surface area contributed by atoms with Crippen LogP contribution >= 0.6 is 15.9 Å². The fourth-order valence-electron chi connectivity index (χ4n) is 1.76. The van der Waals surface area contributed by atoms with Gasteiger partial charge in [-0.05, 0) is 23.8 Å². The van der Waals surface area contributed by atoms with Gasteiger partial charge in [-0.25, -0.2) is 0 Å². The van der Waals surface area contributed by atoms with E-state index < -0.39 is 6.36 Å². The molecule has 0 spiro atoms. The normalized spacial score (nSPS) is 20.8. The molecule has 1 saturated heterocycles. The van der Waals surface area contributed by atoms with Crippen molar-refractivity contribution in [3.05, 3.63) is 28.2 Å². The minimum absolute atomic E-state index is 0.119. The molecule has 0 bridgehead atoms. The average Bonchev–Trinajstić information content (AvgIpc) is 2.27. The molecular formula is C11H11BrF3NO2. The number of rotatable bonds is 2. The lowest BCUT2D eigenvalue weighted by Gasteiger charge is -2.24. The maximum atomic E-state index is 12.2. The van der Waals surface area contributed by atoms with Gasteiger partial charge in [-0.2, -0.15) is 0 Å². The molecule has 0 aromatic heterocycles. The van der Waals surface area contributed by atoms with Crippen molar-refractivity contribution in [3.63, 3.8) is 0 Å². The fourth-order valence-corrected chi connectivity index (χ4v) is 2.25. The Labute approximate surface area is 110 Å². The lowest BCUT2D eigenvalue weighted by molar-refractivity contribution is -0.274. The molecule has 3 nitrogen and oxygen atoms in total. The molecule has 18 heavy (non-hydrogen) atoms. The number of hydrogen-bond acceptors (Lipinski definition) is 3. The van der Waals surface area contributed by atoms with Crippen LogP contribution in [0, 0.1) is 0 Å². The van der Waals surface area contributed by atoms with E-state index in [0.717, 1.165) is 0 Å². The topological polar surface area (TPSA) is 30.5 Å². The van der Waals surface area contributed by atoms with E-state index in [4.69, 9.17) is 4.74 Å². The Bertz CT molecular complexity index is 419. The molecule has 7 heteroatoms. The number of hydrogen-bond donors (Lipinski definition) is 1. The first-order chi connectivity index (χ1) is 8.44. The molecule has 1 fully saturated rings. The van der Waals surface area contributed by atoms with Gasteiger partial charge in [-0.1, -0.05) is 15.9 Å². The van der Waals surface area contributed by atoms with Gasteiger partial charge < -0.3 is 14.8 Å². The van der Waals surface area contributed by atoms with Crippen LogP contribution < -0.4 is 10.1 Å². The lowest BCUT2D eigenvalue weighted by Crippen LogP contribution is -2.34. The maximum absolute atomic E-state index is 12.2. The smallest absolute Gasteiger partial charge is 0.406 e. The minimum atomic E-state index is -4.69. The summed E-state index contributed by atoms with van der Waals surface area (Å²) in [6.45, 7) is 1.71. The third-order valence-corrected chi connectivity index (χ3v) is 2.91.